The largest absolute Gasteiger partial charge is 0.323 e. The summed E-state index contributed by atoms with van der Waals surface area (Å²) in [5, 5.41) is 3.59. The quantitative estimate of drug-likeness (QED) is 0.258. The van der Waals surface area contributed by atoms with Crippen LogP contribution >= 0.6 is 11.8 Å². The number of unbranched alkanes of at least 4 members (excludes halogenated alkanes) is 3. The number of hydrogen-bond donors (Lipinski definition) is 1. The minimum Gasteiger partial charge on any atom is -0.323 e. The van der Waals surface area contributed by atoms with Crippen LogP contribution in [0.4, 0.5) is 0 Å². The monoisotopic (exact) mass is 236 g/mol. The van der Waals surface area contributed by atoms with Gasteiger partial charge in [-0.15, -0.1) is 11.8 Å². The molecule has 0 fully saturated rings. The first-order chi connectivity index (χ1) is 7.88. The number of nitrogens with two attached hydrogens (primary N) is 1. The number of rotatable bonds is 7. The highest BCUT2D eigenvalue weighted by Gasteiger charge is 1.99. The van der Waals surface area contributed by atoms with E-state index in [2.05, 4.69) is 24.2 Å². The third-order valence-corrected chi connectivity index (χ3v) is 3.56. The summed E-state index contributed by atoms with van der Waals surface area (Å²) in [7, 11) is 0. The fraction of sp³-hybridized carbons (Fsp3) is 0.462. The van der Waals surface area contributed by atoms with Gasteiger partial charge in [-0.05, 0) is 18.2 Å². The van der Waals surface area contributed by atoms with Crippen LogP contribution in [0, 0.1) is 0 Å². The lowest BCUT2D eigenvalue weighted by Crippen LogP contribution is -1.90. The Balaban J connectivity index is 2.40. The molecule has 0 saturated heterocycles. The Labute approximate surface area is 102 Å². The smallest absolute Gasteiger partial charge is 0.0549 e. The molecular formula is C13H20N2S. The van der Waals surface area contributed by atoms with Crippen LogP contribution in [0.1, 0.15) is 38.2 Å². The normalized spacial score (nSPS) is 11.1. The fourth-order valence-electron chi connectivity index (χ4n) is 1.51. The van der Waals surface area contributed by atoms with Gasteiger partial charge < -0.3 is 5.84 Å². The van der Waals surface area contributed by atoms with E-state index in [-0.39, 0.29) is 0 Å². The van der Waals surface area contributed by atoms with Gasteiger partial charge in [0.2, 0.25) is 0 Å². The first-order valence-corrected chi connectivity index (χ1v) is 6.82. The van der Waals surface area contributed by atoms with Crippen LogP contribution in [-0.4, -0.2) is 12.0 Å². The van der Waals surface area contributed by atoms with E-state index >= 15 is 0 Å². The molecule has 3 heteroatoms. The molecule has 88 valence electrons. The molecule has 1 aromatic carbocycles. The lowest BCUT2D eigenvalue weighted by molar-refractivity contribution is 0.706. The zero-order chi connectivity index (χ0) is 11.6. The first kappa shape index (κ1) is 13.1. The Morgan fingerprint density at radius 1 is 1.25 bits per heavy atom. The third-order valence-electron chi connectivity index (χ3n) is 2.39. The molecule has 2 N–H and O–H groups in total. The molecule has 0 aliphatic heterocycles. The summed E-state index contributed by atoms with van der Waals surface area (Å²) >= 11 is 1.89. The van der Waals surface area contributed by atoms with Gasteiger partial charge in [0.15, 0.2) is 0 Å². The van der Waals surface area contributed by atoms with E-state index in [0.29, 0.717) is 0 Å². The maximum atomic E-state index is 5.18. The van der Waals surface area contributed by atoms with E-state index < -0.39 is 0 Å². The van der Waals surface area contributed by atoms with Gasteiger partial charge in [-0.1, -0.05) is 44.4 Å². The lowest BCUT2D eigenvalue weighted by Gasteiger charge is -2.04. The SMILES string of the molecule is CCCCCCSc1ccccc1C=NN. The van der Waals surface area contributed by atoms with E-state index in [1.807, 2.05) is 23.9 Å². The van der Waals surface area contributed by atoms with Crippen molar-refractivity contribution in [1.29, 1.82) is 0 Å². The Kier molecular flexibility index (Phi) is 6.74. The minimum absolute atomic E-state index is 1.12. The standard InChI is InChI=1S/C13H20N2S/c1-2-3-4-7-10-16-13-9-6-5-8-12(13)11-15-14/h5-6,8-9,11H,2-4,7,10,14H2,1H3. The number of hydrazone groups is 1. The molecule has 16 heavy (non-hydrogen) atoms. The van der Waals surface area contributed by atoms with E-state index in [4.69, 9.17) is 5.84 Å². The molecule has 0 amide bonds. The van der Waals surface area contributed by atoms with Crippen LogP contribution in [-0.2, 0) is 0 Å². The van der Waals surface area contributed by atoms with Crippen LogP contribution in [0.2, 0.25) is 0 Å². The average Bonchev–Trinajstić information content (AvgIpc) is 2.31. The molecule has 1 rings (SSSR count). The van der Waals surface area contributed by atoms with Gasteiger partial charge in [-0.3, -0.25) is 0 Å². The van der Waals surface area contributed by atoms with E-state index in [1.165, 1.54) is 36.3 Å². The van der Waals surface area contributed by atoms with E-state index in [9.17, 15) is 0 Å². The highest BCUT2D eigenvalue weighted by atomic mass is 32.2. The molecular weight excluding hydrogens is 216 g/mol. The maximum Gasteiger partial charge on any atom is 0.0549 e. The second kappa shape index (κ2) is 8.22. The van der Waals surface area contributed by atoms with Crippen molar-refractivity contribution in [2.45, 2.75) is 37.5 Å². The second-order valence-electron chi connectivity index (χ2n) is 3.73. The van der Waals surface area contributed by atoms with Gasteiger partial charge in [0.25, 0.3) is 0 Å². The van der Waals surface area contributed by atoms with Crippen LogP contribution < -0.4 is 5.84 Å². The number of nitrogens with zero attached hydrogens (tertiary/aromatic N) is 1. The predicted octanol–water partition coefficient (Wildman–Crippen LogP) is 3.65. The molecule has 0 aliphatic rings. The summed E-state index contributed by atoms with van der Waals surface area (Å²) < 4.78 is 0. The molecule has 0 spiro atoms. The van der Waals surface area contributed by atoms with Crippen molar-refractivity contribution in [1.82, 2.24) is 0 Å². The maximum absolute atomic E-state index is 5.18. The number of thioether (sulfide) groups is 1. The zero-order valence-corrected chi connectivity index (χ0v) is 10.7. The average molecular weight is 236 g/mol. The number of benzene rings is 1. The molecule has 0 unspecified atom stereocenters. The summed E-state index contributed by atoms with van der Waals surface area (Å²) in [5.41, 5.74) is 1.12. The molecule has 0 aliphatic carbocycles. The first-order valence-electron chi connectivity index (χ1n) is 5.83. The highest BCUT2D eigenvalue weighted by Crippen LogP contribution is 2.22. The fourth-order valence-corrected chi connectivity index (χ4v) is 2.54. The van der Waals surface area contributed by atoms with Crippen LogP contribution in [0.15, 0.2) is 34.3 Å². The van der Waals surface area contributed by atoms with Gasteiger partial charge >= 0.3 is 0 Å². The number of hydrogen-bond acceptors (Lipinski definition) is 3. The Hall–Kier alpha value is -0.960. The summed E-state index contributed by atoms with van der Waals surface area (Å²) in [6, 6.07) is 8.24. The topological polar surface area (TPSA) is 38.4 Å². The molecule has 0 bridgehead atoms. The molecule has 2 nitrogen and oxygen atoms in total. The van der Waals surface area contributed by atoms with Gasteiger partial charge in [0, 0.05) is 10.5 Å². The summed E-state index contributed by atoms with van der Waals surface area (Å²) in [4.78, 5) is 1.27. The van der Waals surface area contributed by atoms with Crippen molar-refractivity contribution in [2.75, 3.05) is 5.75 Å². The van der Waals surface area contributed by atoms with Crippen molar-refractivity contribution < 1.29 is 0 Å². The summed E-state index contributed by atoms with van der Waals surface area (Å²) in [5.74, 6) is 6.36. The molecule has 0 aromatic heterocycles. The molecule has 1 aromatic rings. The minimum atomic E-state index is 1.12. The van der Waals surface area contributed by atoms with Crippen molar-refractivity contribution in [2.24, 2.45) is 10.9 Å². The van der Waals surface area contributed by atoms with Crippen LogP contribution in [0.3, 0.4) is 0 Å². The predicted molar refractivity (Wildman–Crippen MR) is 73.1 cm³/mol. The lowest BCUT2D eigenvalue weighted by atomic mass is 10.2. The van der Waals surface area contributed by atoms with E-state index in [1.54, 1.807) is 6.21 Å². The van der Waals surface area contributed by atoms with E-state index in [0.717, 1.165) is 5.56 Å². The summed E-state index contributed by atoms with van der Waals surface area (Å²) in [6.45, 7) is 2.24. The van der Waals surface area contributed by atoms with Crippen LogP contribution in [0.25, 0.3) is 0 Å². The van der Waals surface area contributed by atoms with Crippen LogP contribution in [0.5, 0.6) is 0 Å². The molecule has 0 atom stereocenters. The molecule has 0 radical (unpaired) electrons. The summed E-state index contributed by atoms with van der Waals surface area (Å²) in [6.07, 6.45) is 6.96. The second-order valence-corrected chi connectivity index (χ2v) is 4.86. The van der Waals surface area contributed by atoms with Gasteiger partial charge in [0.05, 0.1) is 6.21 Å². The third kappa shape index (κ3) is 4.71. The molecule has 0 heterocycles. The Morgan fingerprint density at radius 3 is 2.81 bits per heavy atom. The Bertz CT molecular complexity index is 323. The molecule has 0 saturated carbocycles. The van der Waals surface area contributed by atoms with Gasteiger partial charge in [0.1, 0.15) is 0 Å². The van der Waals surface area contributed by atoms with Crippen molar-refractivity contribution >= 4 is 18.0 Å². The Morgan fingerprint density at radius 2 is 2.06 bits per heavy atom. The van der Waals surface area contributed by atoms with Gasteiger partial charge in [-0.25, -0.2) is 0 Å². The van der Waals surface area contributed by atoms with Crippen molar-refractivity contribution in [3.63, 3.8) is 0 Å². The van der Waals surface area contributed by atoms with Gasteiger partial charge in [-0.2, -0.15) is 5.10 Å². The van der Waals surface area contributed by atoms with Crippen molar-refractivity contribution in [3.8, 4) is 0 Å². The zero-order valence-electron chi connectivity index (χ0n) is 9.86. The van der Waals surface area contributed by atoms with Crippen molar-refractivity contribution in [3.05, 3.63) is 29.8 Å². The highest BCUT2D eigenvalue weighted by molar-refractivity contribution is 7.99.